The molecule has 5 rings (SSSR count). The van der Waals surface area contributed by atoms with Crippen LogP contribution in [0.3, 0.4) is 0 Å². The number of hydrogen-bond acceptors (Lipinski definition) is 7. The summed E-state index contributed by atoms with van der Waals surface area (Å²) in [6.45, 7) is 4.09. The highest BCUT2D eigenvalue weighted by molar-refractivity contribution is 6.35. The molecular weight excluding hydrogens is 477 g/mol. The average molecular weight is 504 g/mol. The summed E-state index contributed by atoms with van der Waals surface area (Å²) >= 11 is 6.73. The summed E-state index contributed by atoms with van der Waals surface area (Å²) < 4.78 is 21.0. The fraction of sp³-hybridized carbons (Fsp3) is 0.458. The molecule has 186 valence electrons. The molecule has 35 heavy (non-hydrogen) atoms. The van der Waals surface area contributed by atoms with Gasteiger partial charge in [-0.05, 0) is 31.9 Å². The number of carbonyl (C=O) groups excluding carboxylic acids is 2. The minimum absolute atomic E-state index is 0.0482. The topological polar surface area (TPSA) is 107 Å². The van der Waals surface area contributed by atoms with Crippen LogP contribution in [-0.4, -0.2) is 78.2 Å². The smallest absolute Gasteiger partial charge is 0.261 e. The van der Waals surface area contributed by atoms with Crippen molar-refractivity contribution in [3.63, 3.8) is 0 Å². The zero-order valence-corrected chi connectivity index (χ0v) is 20.3. The van der Waals surface area contributed by atoms with E-state index in [1.807, 2.05) is 0 Å². The quantitative estimate of drug-likeness (QED) is 0.589. The lowest BCUT2D eigenvalue weighted by Crippen LogP contribution is -2.55. The Balaban J connectivity index is 1.79. The molecular formula is C24H27ClFN5O4. The number of fused-ring (bicyclic) bond motifs is 2. The first-order chi connectivity index (χ1) is 16.8. The molecule has 1 aromatic carbocycles. The molecule has 2 aromatic rings. The fourth-order valence-corrected chi connectivity index (χ4v) is 5.56. The van der Waals surface area contributed by atoms with Crippen LogP contribution in [0, 0.1) is 5.82 Å². The van der Waals surface area contributed by atoms with Crippen LogP contribution in [0.5, 0.6) is 11.5 Å². The SMILES string of the molecule is CNC(=O)[C@]1(C)CCCN1c1nc(-c2c(O)cccc2F)c(Cl)c2c1C(=O)N1CCNC[C@@H]1CO2. The summed E-state index contributed by atoms with van der Waals surface area (Å²) in [6.07, 6.45) is 1.23. The van der Waals surface area contributed by atoms with Gasteiger partial charge in [-0.1, -0.05) is 17.7 Å². The summed E-state index contributed by atoms with van der Waals surface area (Å²) in [6, 6.07) is 3.69. The maximum absolute atomic E-state index is 14.9. The highest BCUT2D eigenvalue weighted by Crippen LogP contribution is 2.47. The van der Waals surface area contributed by atoms with Gasteiger partial charge in [0.25, 0.3) is 5.91 Å². The first kappa shape index (κ1) is 23.6. The number of ether oxygens (including phenoxy) is 1. The molecule has 2 fully saturated rings. The van der Waals surface area contributed by atoms with Gasteiger partial charge >= 0.3 is 0 Å². The summed E-state index contributed by atoms with van der Waals surface area (Å²) in [5, 5.41) is 16.4. The molecule has 2 saturated heterocycles. The van der Waals surface area contributed by atoms with Crippen LogP contribution in [-0.2, 0) is 4.79 Å². The van der Waals surface area contributed by atoms with Crippen LogP contribution in [0.1, 0.15) is 30.1 Å². The van der Waals surface area contributed by atoms with Crippen molar-refractivity contribution in [2.45, 2.75) is 31.3 Å². The zero-order valence-electron chi connectivity index (χ0n) is 19.5. The van der Waals surface area contributed by atoms with E-state index in [-0.39, 0.29) is 63.6 Å². The summed E-state index contributed by atoms with van der Waals surface area (Å²) in [5.41, 5.74) is -1.08. The zero-order chi connectivity index (χ0) is 24.9. The second kappa shape index (κ2) is 8.83. The molecule has 0 unspecified atom stereocenters. The number of phenolic OH excluding ortho intramolecular Hbond substituents is 1. The van der Waals surface area contributed by atoms with Crippen LogP contribution < -0.4 is 20.3 Å². The molecule has 9 nitrogen and oxygen atoms in total. The number of benzene rings is 1. The maximum atomic E-state index is 14.9. The van der Waals surface area contributed by atoms with Crippen LogP contribution in [0.15, 0.2) is 18.2 Å². The lowest BCUT2D eigenvalue weighted by atomic mass is 9.96. The number of anilines is 1. The standard InChI is InChI=1S/C24H27ClFN5O4/c1-24(23(34)27-2)7-4-9-31(24)21-17-20(35-12-13-11-28-8-10-30(13)22(17)33)18(25)19(29-21)16-14(26)5-3-6-15(16)32/h3,5-6,13,28,32H,4,7-12H2,1-2H3,(H,27,34)/t13-,24+/m1/s1. The number of amides is 2. The van der Waals surface area contributed by atoms with E-state index in [4.69, 9.17) is 16.3 Å². The van der Waals surface area contributed by atoms with E-state index in [1.54, 1.807) is 23.8 Å². The van der Waals surface area contributed by atoms with Crippen molar-refractivity contribution in [3.05, 3.63) is 34.6 Å². The Bertz CT molecular complexity index is 1190. The average Bonchev–Trinajstić information content (AvgIpc) is 3.18. The molecule has 11 heteroatoms. The van der Waals surface area contributed by atoms with E-state index in [1.165, 1.54) is 18.2 Å². The molecule has 1 aromatic heterocycles. The summed E-state index contributed by atoms with van der Waals surface area (Å²) in [7, 11) is 1.56. The minimum Gasteiger partial charge on any atom is -0.507 e. The van der Waals surface area contributed by atoms with E-state index in [2.05, 4.69) is 15.6 Å². The fourth-order valence-electron chi connectivity index (χ4n) is 5.27. The molecule has 3 aliphatic heterocycles. The Morgan fingerprint density at radius 1 is 1.37 bits per heavy atom. The number of aromatic nitrogens is 1. The Labute approximate surface area is 207 Å². The predicted molar refractivity (Wildman–Crippen MR) is 129 cm³/mol. The Morgan fingerprint density at radius 3 is 2.91 bits per heavy atom. The number of phenols is 1. The number of piperazine rings is 1. The highest BCUT2D eigenvalue weighted by atomic mass is 35.5. The number of halogens is 2. The number of nitrogens with zero attached hydrogens (tertiary/aromatic N) is 3. The molecule has 0 radical (unpaired) electrons. The first-order valence-corrected chi connectivity index (χ1v) is 12.0. The predicted octanol–water partition coefficient (Wildman–Crippen LogP) is 2.16. The third kappa shape index (κ3) is 3.66. The van der Waals surface area contributed by atoms with Gasteiger partial charge in [0.2, 0.25) is 5.91 Å². The number of nitrogens with one attached hydrogen (secondary N) is 2. The van der Waals surface area contributed by atoms with Gasteiger partial charge in [0.15, 0.2) is 5.75 Å². The molecule has 0 aliphatic carbocycles. The second-order valence-corrected chi connectivity index (χ2v) is 9.59. The Morgan fingerprint density at radius 2 is 2.17 bits per heavy atom. The molecule has 2 atom stereocenters. The normalized spacial score (nSPS) is 23.9. The largest absolute Gasteiger partial charge is 0.507 e. The number of pyridine rings is 1. The summed E-state index contributed by atoms with van der Waals surface area (Å²) in [5.74, 6) is -1.32. The number of rotatable bonds is 3. The maximum Gasteiger partial charge on any atom is 0.261 e. The van der Waals surface area contributed by atoms with E-state index in [9.17, 15) is 19.1 Å². The van der Waals surface area contributed by atoms with Gasteiger partial charge in [-0.25, -0.2) is 9.37 Å². The molecule has 0 spiro atoms. The van der Waals surface area contributed by atoms with Crippen molar-refractivity contribution in [1.82, 2.24) is 20.5 Å². The highest BCUT2D eigenvalue weighted by Gasteiger charge is 2.47. The van der Waals surface area contributed by atoms with Crippen molar-refractivity contribution >= 4 is 29.2 Å². The van der Waals surface area contributed by atoms with Crippen LogP contribution in [0.4, 0.5) is 10.2 Å². The number of likely N-dealkylation sites (N-methyl/N-ethyl adjacent to an activating group) is 1. The van der Waals surface area contributed by atoms with Gasteiger partial charge in [0.05, 0.1) is 11.6 Å². The first-order valence-electron chi connectivity index (χ1n) is 11.6. The van der Waals surface area contributed by atoms with E-state index in [0.717, 1.165) is 0 Å². The van der Waals surface area contributed by atoms with Crippen molar-refractivity contribution in [2.75, 3.05) is 44.7 Å². The second-order valence-electron chi connectivity index (χ2n) is 9.21. The van der Waals surface area contributed by atoms with E-state index < -0.39 is 11.4 Å². The van der Waals surface area contributed by atoms with Crippen molar-refractivity contribution < 1.29 is 23.8 Å². The van der Waals surface area contributed by atoms with Crippen LogP contribution in [0.2, 0.25) is 5.02 Å². The molecule has 4 heterocycles. The molecule has 0 bridgehead atoms. The lowest BCUT2D eigenvalue weighted by molar-refractivity contribution is -0.125. The van der Waals surface area contributed by atoms with Gasteiger partial charge in [-0.3, -0.25) is 9.59 Å². The van der Waals surface area contributed by atoms with Crippen molar-refractivity contribution in [1.29, 1.82) is 0 Å². The van der Waals surface area contributed by atoms with Crippen molar-refractivity contribution in [2.24, 2.45) is 0 Å². The molecule has 0 saturated carbocycles. The molecule has 2 amide bonds. The number of carbonyl (C=O) groups is 2. The Kier molecular flexibility index (Phi) is 5.96. The number of hydrogen-bond donors (Lipinski definition) is 3. The van der Waals surface area contributed by atoms with Gasteiger partial charge in [0, 0.05) is 33.2 Å². The van der Waals surface area contributed by atoms with Gasteiger partial charge < -0.3 is 30.3 Å². The van der Waals surface area contributed by atoms with Crippen LogP contribution in [0.25, 0.3) is 11.3 Å². The number of aromatic hydroxyl groups is 1. The van der Waals surface area contributed by atoms with Crippen molar-refractivity contribution in [3.8, 4) is 22.8 Å². The monoisotopic (exact) mass is 503 g/mol. The van der Waals surface area contributed by atoms with E-state index in [0.29, 0.717) is 39.0 Å². The van der Waals surface area contributed by atoms with Gasteiger partial charge in [-0.2, -0.15) is 0 Å². The van der Waals surface area contributed by atoms with Gasteiger partial charge in [0.1, 0.15) is 45.8 Å². The van der Waals surface area contributed by atoms with Crippen LogP contribution >= 0.6 is 11.6 Å². The lowest BCUT2D eigenvalue weighted by Gasteiger charge is -2.37. The van der Waals surface area contributed by atoms with Gasteiger partial charge in [-0.15, -0.1) is 0 Å². The summed E-state index contributed by atoms with van der Waals surface area (Å²) in [4.78, 5) is 35.0. The third-order valence-electron chi connectivity index (χ3n) is 7.16. The molecule has 3 N–H and O–H groups in total. The molecule has 3 aliphatic rings. The Hall–Kier alpha value is -3.11. The van der Waals surface area contributed by atoms with E-state index >= 15 is 0 Å². The minimum atomic E-state index is -0.993. The third-order valence-corrected chi connectivity index (χ3v) is 7.51.